The Bertz CT molecular complexity index is 605. The molecule has 0 aliphatic heterocycles. The number of carbonyl (C=O) groups excluding carboxylic acids is 1. The van der Waals surface area contributed by atoms with Gasteiger partial charge in [0.2, 0.25) is 15.9 Å². The van der Waals surface area contributed by atoms with Crippen molar-refractivity contribution in [2.75, 3.05) is 20.6 Å². The Morgan fingerprint density at radius 2 is 2.05 bits per heavy atom. The van der Waals surface area contributed by atoms with Crippen LogP contribution in [-0.4, -0.2) is 39.3 Å². The van der Waals surface area contributed by atoms with Crippen LogP contribution in [0.25, 0.3) is 0 Å². The van der Waals surface area contributed by atoms with E-state index >= 15 is 0 Å². The van der Waals surface area contributed by atoms with Gasteiger partial charge in [0.05, 0.1) is 10.5 Å². The fourth-order valence-corrected chi connectivity index (χ4v) is 2.77. The van der Waals surface area contributed by atoms with E-state index in [9.17, 15) is 13.2 Å². The van der Waals surface area contributed by atoms with Gasteiger partial charge in [0.15, 0.2) is 0 Å². The van der Waals surface area contributed by atoms with Crippen LogP contribution in [0.2, 0.25) is 0 Å². The molecule has 0 radical (unpaired) electrons. The van der Waals surface area contributed by atoms with Crippen LogP contribution in [0.5, 0.6) is 0 Å². The summed E-state index contributed by atoms with van der Waals surface area (Å²) in [5.74, 6) is -0.240. The van der Waals surface area contributed by atoms with Gasteiger partial charge in [0.25, 0.3) is 0 Å². The van der Waals surface area contributed by atoms with Crippen LogP contribution in [0.15, 0.2) is 29.2 Å². The lowest BCUT2D eigenvalue weighted by molar-refractivity contribution is -0.120. The van der Waals surface area contributed by atoms with Gasteiger partial charge in [-0.25, -0.2) is 12.7 Å². The zero-order valence-corrected chi connectivity index (χ0v) is 11.6. The first-order valence-corrected chi connectivity index (χ1v) is 7.03. The molecule has 0 saturated carbocycles. The van der Waals surface area contributed by atoms with Crippen molar-refractivity contribution in [2.24, 2.45) is 0 Å². The van der Waals surface area contributed by atoms with Gasteiger partial charge in [-0.05, 0) is 12.1 Å². The highest BCUT2D eigenvalue weighted by atomic mass is 32.2. The van der Waals surface area contributed by atoms with Gasteiger partial charge in [-0.3, -0.25) is 4.79 Å². The summed E-state index contributed by atoms with van der Waals surface area (Å²) < 4.78 is 25.6. The van der Waals surface area contributed by atoms with Crippen LogP contribution in [0, 0.1) is 11.3 Å². The highest BCUT2D eigenvalue weighted by Crippen LogP contribution is 2.18. The maximum Gasteiger partial charge on any atom is 0.244 e. The first-order chi connectivity index (χ1) is 8.93. The number of nitrogens with one attached hydrogen (secondary N) is 1. The number of sulfonamides is 1. The molecule has 1 N–H and O–H groups in total. The van der Waals surface area contributed by atoms with E-state index in [-0.39, 0.29) is 29.3 Å². The van der Waals surface area contributed by atoms with E-state index in [0.29, 0.717) is 0 Å². The monoisotopic (exact) mass is 281 g/mol. The van der Waals surface area contributed by atoms with Gasteiger partial charge in [0.1, 0.15) is 6.07 Å². The predicted octanol–water partition coefficient (Wildman–Crippen LogP) is 0.315. The lowest BCUT2D eigenvalue weighted by Gasteiger charge is -2.17. The molecule has 0 aromatic heterocycles. The number of amides is 1. The van der Waals surface area contributed by atoms with E-state index in [1.54, 1.807) is 12.1 Å². The highest BCUT2D eigenvalue weighted by Gasteiger charge is 2.23. The second kappa shape index (κ2) is 6.31. The van der Waals surface area contributed by atoms with E-state index in [2.05, 4.69) is 5.32 Å². The summed E-state index contributed by atoms with van der Waals surface area (Å²) in [6.45, 7) is 0.0573. The van der Waals surface area contributed by atoms with Crippen LogP contribution >= 0.6 is 0 Å². The summed E-state index contributed by atoms with van der Waals surface area (Å²) in [7, 11) is -0.886. The van der Waals surface area contributed by atoms with Crippen molar-refractivity contribution >= 4 is 15.9 Å². The smallest absolute Gasteiger partial charge is 0.244 e. The van der Waals surface area contributed by atoms with Crippen molar-refractivity contribution in [3.63, 3.8) is 0 Å². The minimum absolute atomic E-state index is 0.0445. The van der Waals surface area contributed by atoms with Gasteiger partial charge in [-0.15, -0.1) is 0 Å². The third-order valence-corrected chi connectivity index (χ3v) is 4.54. The predicted molar refractivity (Wildman–Crippen MR) is 69.7 cm³/mol. The summed E-state index contributed by atoms with van der Waals surface area (Å²) in [5.41, 5.74) is 0.0919. The van der Waals surface area contributed by atoms with Crippen molar-refractivity contribution in [1.82, 2.24) is 9.62 Å². The third kappa shape index (κ3) is 3.53. The molecule has 102 valence electrons. The third-order valence-electron chi connectivity index (χ3n) is 2.63. The minimum atomic E-state index is -3.75. The molecule has 0 unspecified atom stereocenters. The highest BCUT2D eigenvalue weighted by molar-refractivity contribution is 7.89. The summed E-state index contributed by atoms with van der Waals surface area (Å²) in [4.78, 5) is 11.1. The molecule has 0 bridgehead atoms. The maximum atomic E-state index is 12.3. The van der Waals surface area contributed by atoms with Crippen molar-refractivity contribution in [1.29, 1.82) is 5.26 Å². The van der Waals surface area contributed by atoms with Crippen LogP contribution in [0.3, 0.4) is 0 Å². The number of nitrogens with zero attached hydrogens (tertiary/aromatic N) is 2. The molecule has 19 heavy (non-hydrogen) atoms. The van der Waals surface area contributed by atoms with Gasteiger partial charge in [-0.1, -0.05) is 12.1 Å². The van der Waals surface area contributed by atoms with Gasteiger partial charge in [-0.2, -0.15) is 5.26 Å². The quantitative estimate of drug-likeness (QED) is 0.841. The Morgan fingerprint density at radius 1 is 1.42 bits per heavy atom. The molecule has 1 rings (SSSR count). The molecule has 0 fully saturated rings. The van der Waals surface area contributed by atoms with Crippen LogP contribution in [0.4, 0.5) is 0 Å². The average molecular weight is 281 g/mol. The van der Waals surface area contributed by atoms with Crippen LogP contribution < -0.4 is 5.32 Å². The normalized spacial score (nSPS) is 11.1. The number of benzene rings is 1. The summed E-state index contributed by atoms with van der Waals surface area (Å²) in [6.07, 6.45) is 0.0704. The molecule has 0 aliphatic carbocycles. The zero-order valence-electron chi connectivity index (χ0n) is 10.8. The Balaban J connectivity index is 2.98. The van der Waals surface area contributed by atoms with E-state index in [1.165, 1.54) is 26.2 Å². The molecule has 0 saturated heterocycles. The summed E-state index contributed by atoms with van der Waals surface area (Å²) >= 11 is 0. The first-order valence-electron chi connectivity index (χ1n) is 5.59. The van der Waals surface area contributed by atoms with Gasteiger partial charge in [0, 0.05) is 27.1 Å². The molecular weight excluding hydrogens is 266 g/mol. The van der Waals surface area contributed by atoms with Gasteiger partial charge >= 0.3 is 0 Å². The lowest BCUT2D eigenvalue weighted by atomic mass is 10.2. The zero-order chi connectivity index (χ0) is 14.5. The minimum Gasteiger partial charge on any atom is -0.359 e. The fourth-order valence-electron chi connectivity index (χ4n) is 1.46. The van der Waals surface area contributed by atoms with E-state index in [4.69, 9.17) is 5.26 Å². The van der Waals surface area contributed by atoms with E-state index in [1.807, 2.05) is 6.07 Å². The van der Waals surface area contributed by atoms with Crippen LogP contribution in [0.1, 0.15) is 12.0 Å². The Kier molecular flexibility index (Phi) is 5.03. The van der Waals surface area contributed by atoms with Crippen molar-refractivity contribution in [3.8, 4) is 6.07 Å². The van der Waals surface area contributed by atoms with E-state index < -0.39 is 10.0 Å². The fraction of sp³-hybridized carbons (Fsp3) is 0.333. The maximum absolute atomic E-state index is 12.3. The average Bonchev–Trinajstić information content (AvgIpc) is 2.43. The Labute approximate surface area is 112 Å². The molecule has 0 aliphatic rings. The standard InChI is InChI=1S/C12H15N3O3S/c1-14-12(16)7-8-15(2)19(17,18)11-6-4-3-5-10(11)9-13/h3-6H,7-8H2,1-2H3,(H,14,16). The molecule has 7 heteroatoms. The van der Waals surface area contributed by atoms with E-state index in [0.717, 1.165) is 4.31 Å². The molecule has 6 nitrogen and oxygen atoms in total. The number of hydrogen-bond acceptors (Lipinski definition) is 4. The largest absolute Gasteiger partial charge is 0.359 e. The van der Waals surface area contributed by atoms with Crippen LogP contribution in [-0.2, 0) is 14.8 Å². The molecule has 0 heterocycles. The number of rotatable bonds is 5. The van der Waals surface area contributed by atoms with Gasteiger partial charge < -0.3 is 5.32 Å². The molecule has 1 aromatic carbocycles. The first kappa shape index (κ1) is 15.1. The van der Waals surface area contributed by atoms with Crippen molar-refractivity contribution in [2.45, 2.75) is 11.3 Å². The molecule has 1 amide bonds. The summed E-state index contributed by atoms with van der Waals surface area (Å²) in [5, 5.41) is 11.3. The molecular formula is C12H15N3O3S. The second-order valence-corrected chi connectivity index (χ2v) is 5.87. The lowest BCUT2D eigenvalue weighted by Crippen LogP contribution is -2.31. The molecule has 1 aromatic rings. The number of nitriles is 1. The van der Waals surface area contributed by atoms with Crippen molar-refractivity contribution in [3.05, 3.63) is 29.8 Å². The molecule has 0 atom stereocenters. The Hall–Kier alpha value is -1.91. The molecule has 0 spiro atoms. The SMILES string of the molecule is CNC(=O)CCN(C)S(=O)(=O)c1ccccc1C#N. The number of hydrogen-bond donors (Lipinski definition) is 1. The number of carbonyl (C=O) groups is 1. The summed E-state index contributed by atoms with van der Waals surface area (Å²) in [6, 6.07) is 7.83. The van der Waals surface area contributed by atoms with Crippen molar-refractivity contribution < 1.29 is 13.2 Å². The second-order valence-electron chi connectivity index (χ2n) is 3.86. The Morgan fingerprint density at radius 3 is 2.63 bits per heavy atom. The topological polar surface area (TPSA) is 90.3 Å².